The van der Waals surface area contributed by atoms with Gasteiger partial charge in [-0.25, -0.2) is 9.78 Å². The van der Waals surface area contributed by atoms with E-state index in [-0.39, 0.29) is 17.0 Å². The van der Waals surface area contributed by atoms with Gasteiger partial charge in [-0.2, -0.15) is 0 Å². The van der Waals surface area contributed by atoms with Gasteiger partial charge in [-0.15, -0.1) is 0 Å². The number of carboxylic acid groups (broad SMARTS) is 1. The number of aromatic amines is 1. The monoisotopic (exact) mass is 322 g/mol. The van der Waals surface area contributed by atoms with Gasteiger partial charge < -0.3 is 20.7 Å². The first kappa shape index (κ1) is 14.8. The van der Waals surface area contributed by atoms with Gasteiger partial charge in [-0.05, 0) is 18.9 Å². The first-order valence-corrected chi connectivity index (χ1v) is 7.23. The molecule has 0 radical (unpaired) electrons. The fraction of sp³-hybridized carbons (Fsp3) is 0.357. The van der Waals surface area contributed by atoms with E-state index in [2.05, 4.69) is 9.97 Å². The van der Waals surface area contributed by atoms with Crippen molar-refractivity contribution in [1.29, 1.82) is 0 Å². The average Bonchev–Trinajstić information content (AvgIpc) is 2.88. The Bertz CT molecular complexity index is 833. The third-order valence-corrected chi connectivity index (χ3v) is 4.39. The van der Waals surface area contributed by atoms with Gasteiger partial charge in [0, 0.05) is 25.3 Å². The largest absolute Gasteiger partial charge is 0.477 e. The zero-order valence-electron chi connectivity index (χ0n) is 11.9. The molecule has 3 rings (SSSR count). The lowest BCUT2D eigenvalue weighted by Gasteiger charge is -2.20. The average molecular weight is 323 g/mol. The third-order valence-electron chi connectivity index (χ3n) is 3.93. The van der Waals surface area contributed by atoms with Crippen LogP contribution in [0, 0.1) is 6.92 Å². The maximum absolute atomic E-state index is 12.3. The predicted octanol–water partition coefficient (Wildman–Crippen LogP) is 1.12. The van der Waals surface area contributed by atoms with Crippen molar-refractivity contribution in [2.75, 3.05) is 18.0 Å². The van der Waals surface area contributed by atoms with E-state index in [1.54, 1.807) is 6.92 Å². The molecule has 2 aromatic heterocycles. The second kappa shape index (κ2) is 5.26. The molecule has 0 spiro atoms. The van der Waals surface area contributed by atoms with Gasteiger partial charge in [0.2, 0.25) is 5.43 Å². The predicted molar refractivity (Wildman–Crippen MR) is 83.9 cm³/mol. The highest BCUT2D eigenvalue weighted by Crippen LogP contribution is 2.32. The van der Waals surface area contributed by atoms with Crippen LogP contribution in [0.25, 0.3) is 11.0 Å². The van der Waals surface area contributed by atoms with E-state index in [1.165, 1.54) is 0 Å². The second-order valence-corrected chi connectivity index (χ2v) is 5.81. The highest BCUT2D eigenvalue weighted by molar-refractivity contribution is 6.34. The number of carboxylic acids is 1. The topological polar surface area (TPSA) is 112 Å². The fourth-order valence-electron chi connectivity index (χ4n) is 2.74. The van der Waals surface area contributed by atoms with Gasteiger partial charge in [-0.3, -0.25) is 4.79 Å². The van der Waals surface area contributed by atoms with Crippen molar-refractivity contribution < 1.29 is 9.90 Å². The number of nitrogens with two attached hydrogens (primary N) is 1. The molecule has 0 amide bonds. The first-order chi connectivity index (χ1) is 10.4. The van der Waals surface area contributed by atoms with E-state index in [0.29, 0.717) is 28.6 Å². The van der Waals surface area contributed by atoms with Crippen molar-refractivity contribution in [2.45, 2.75) is 19.4 Å². The first-order valence-electron chi connectivity index (χ1n) is 6.85. The van der Waals surface area contributed by atoms with Gasteiger partial charge >= 0.3 is 5.97 Å². The van der Waals surface area contributed by atoms with Crippen LogP contribution in [0.3, 0.4) is 0 Å². The Kier molecular flexibility index (Phi) is 3.54. The molecule has 116 valence electrons. The lowest BCUT2D eigenvalue weighted by atomic mass is 10.1. The van der Waals surface area contributed by atoms with Gasteiger partial charge in [0.1, 0.15) is 17.0 Å². The van der Waals surface area contributed by atoms with Crippen LogP contribution in [0.15, 0.2) is 11.0 Å². The molecule has 1 saturated heterocycles. The van der Waals surface area contributed by atoms with E-state index >= 15 is 0 Å². The minimum Gasteiger partial charge on any atom is -0.477 e. The number of carbonyl (C=O) groups is 1. The standard InChI is InChI=1S/C14H15ClN4O3/c1-6-9-11(20)8(14(21)22)4-17-12(9)18-13(10(6)15)19-3-2-7(16)5-19/h4,7H,2-3,5,16H2,1H3,(H,21,22)(H,17,18,20). The van der Waals surface area contributed by atoms with Gasteiger partial charge in [0.25, 0.3) is 0 Å². The van der Waals surface area contributed by atoms with Gasteiger partial charge in [0.05, 0.1) is 10.4 Å². The van der Waals surface area contributed by atoms with Crippen molar-refractivity contribution >= 4 is 34.4 Å². The zero-order chi connectivity index (χ0) is 16.0. The summed E-state index contributed by atoms with van der Waals surface area (Å²) in [5, 5.41) is 9.61. The summed E-state index contributed by atoms with van der Waals surface area (Å²) < 4.78 is 0. The van der Waals surface area contributed by atoms with Crippen molar-refractivity contribution in [3.8, 4) is 0 Å². The number of anilines is 1. The maximum atomic E-state index is 12.3. The Balaban J connectivity index is 2.24. The van der Waals surface area contributed by atoms with Crippen LogP contribution >= 0.6 is 11.6 Å². The molecule has 0 aromatic carbocycles. The summed E-state index contributed by atoms with van der Waals surface area (Å²) in [4.78, 5) is 32.5. The van der Waals surface area contributed by atoms with E-state index in [1.807, 2.05) is 4.90 Å². The maximum Gasteiger partial charge on any atom is 0.341 e. The molecular formula is C14H15ClN4O3. The summed E-state index contributed by atoms with van der Waals surface area (Å²) in [5.74, 6) is -0.716. The molecule has 3 heterocycles. The van der Waals surface area contributed by atoms with Crippen molar-refractivity contribution in [2.24, 2.45) is 5.73 Å². The molecule has 8 heteroatoms. The number of hydrogen-bond acceptors (Lipinski definition) is 5. The van der Waals surface area contributed by atoms with E-state index in [0.717, 1.165) is 19.2 Å². The van der Waals surface area contributed by atoms with E-state index < -0.39 is 11.4 Å². The number of rotatable bonds is 2. The lowest BCUT2D eigenvalue weighted by Crippen LogP contribution is -2.27. The fourth-order valence-corrected chi connectivity index (χ4v) is 2.99. The molecule has 0 aliphatic carbocycles. The molecule has 1 fully saturated rings. The van der Waals surface area contributed by atoms with E-state index in [9.17, 15) is 9.59 Å². The summed E-state index contributed by atoms with van der Waals surface area (Å²) in [6.07, 6.45) is 2.01. The Labute approximate surface area is 130 Å². The molecule has 0 bridgehead atoms. The van der Waals surface area contributed by atoms with Crippen LogP contribution < -0.4 is 16.1 Å². The Morgan fingerprint density at radius 1 is 1.59 bits per heavy atom. The SMILES string of the molecule is Cc1c(Cl)c(N2CCC(N)C2)nc2[nH]cc(C(=O)O)c(=O)c12. The molecule has 1 atom stereocenters. The number of fused-ring (bicyclic) bond motifs is 1. The molecule has 4 N–H and O–H groups in total. The Morgan fingerprint density at radius 2 is 2.32 bits per heavy atom. The summed E-state index contributed by atoms with van der Waals surface area (Å²) in [5.41, 5.74) is 5.84. The summed E-state index contributed by atoms with van der Waals surface area (Å²) in [7, 11) is 0. The molecule has 1 aliphatic rings. The highest BCUT2D eigenvalue weighted by atomic mass is 35.5. The highest BCUT2D eigenvalue weighted by Gasteiger charge is 2.25. The van der Waals surface area contributed by atoms with Gasteiger partial charge in [0.15, 0.2) is 0 Å². The number of nitrogens with one attached hydrogen (secondary N) is 1. The van der Waals surface area contributed by atoms with Gasteiger partial charge in [-0.1, -0.05) is 11.6 Å². The molecule has 0 saturated carbocycles. The number of aryl methyl sites for hydroxylation is 1. The van der Waals surface area contributed by atoms with Crippen LogP contribution in [0.4, 0.5) is 5.82 Å². The third kappa shape index (κ3) is 2.22. The smallest absolute Gasteiger partial charge is 0.341 e. The Hall–Kier alpha value is -2.12. The van der Waals surface area contributed by atoms with Crippen LogP contribution in [0.2, 0.25) is 5.02 Å². The summed E-state index contributed by atoms with van der Waals surface area (Å²) in [6.45, 7) is 3.08. The number of halogens is 1. The quantitative estimate of drug-likeness (QED) is 0.763. The zero-order valence-corrected chi connectivity index (χ0v) is 12.6. The molecule has 22 heavy (non-hydrogen) atoms. The lowest BCUT2D eigenvalue weighted by molar-refractivity contribution is 0.0695. The summed E-state index contributed by atoms with van der Waals surface area (Å²) >= 11 is 6.36. The van der Waals surface area contributed by atoms with Crippen molar-refractivity contribution in [3.63, 3.8) is 0 Å². The molecular weight excluding hydrogens is 308 g/mol. The van der Waals surface area contributed by atoms with Crippen LogP contribution in [-0.2, 0) is 0 Å². The number of hydrogen-bond donors (Lipinski definition) is 3. The van der Waals surface area contributed by atoms with Crippen molar-refractivity contribution in [1.82, 2.24) is 9.97 Å². The minimum absolute atomic E-state index is 0.0716. The molecule has 2 aromatic rings. The summed E-state index contributed by atoms with van der Waals surface area (Å²) in [6, 6.07) is 0.0716. The number of aromatic nitrogens is 2. The second-order valence-electron chi connectivity index (χ2n) is 5.43. The van der Waals surface area contributed by atoms with Crippen LogP contribution in [0.5, 0.6) is 0 Å². The normalized spacial score (nSPS) is 18.1. The molecule has 1 aliphatic heterocycles. The van der Waals surface area contributed by atoms with E-state index in [4.69, 9.17) is 22.4 Å². The Morgan fingerprint density at radius 3 is 2.91 bits per heavy atom. The number of pyridine rings is 2. The number of nitrogens with zero attached hydrogens (tertiary/aromatic N) is 2. The van der Waals surface area contributed by atoms with Crippen LogP contribution in [0.1, 0.15) is 22.3 Å². The van der Waals surface area contributed by atoms with Crippen LogP contribution in [-0.4, -0.2) is 40.2 Å². The molecule has 7 nitrogen and oxygen atoms in total. The number of H-pyrrole nitrogens is 1. The number of aromatic carboxylic acids is 1. The van der Waals surface area contributed by atoms with Crippen molar-refractivity contribution in [3.05, 3.63) is 32.6 Å². The molecule has 1 unspecified atom stereocenters. The minimum atomic E-state index is -1.28.